The second-order valence-corrected chi connectivity index (χ2v) is 5.79. The Hall–Kier alpha value is -2.68. The van der Waals surface area contributed by atoms with Crippen LogP contribution in [-0.2, 0) is 9.59 Å². The van der Waals surface area contributed by atoms with E-state index in [1.54, 1.807) is 6.07 Å². The van der Waals surface area contributed by atoms with Gasteiger partial charge in [-0.2, -0.15) is 0 Å². The Bertz CT molecular complexity index is 683. The number of urea groups is 1. The van der Waals surface area contributed by atoms with E-state index in [0.717, 1.165) is 0 Å². The van der Waals surface area contributed by atoms with Gasteiger partial charge in [-0.15, -0.1) is 0 Å². The third kappa shape index (κ3) is 3.16. The summed E-state index contributed by atoms with van der Waals surface area (Å²) >= 11 is 0. The topological polar surface area (TPSA) is 111 Å². The van der Waals surface area contributed by atoms with E-state index < -0.39 is 36.6 Å². The van der Waals surface area contributed by atoms with Gasteiger partial charge >= 0.3 is 6.03 Å². The first kappa shape index (κ1) is 16.2. The van der Waals surface area contributed by atoms with Gasteiger partial charge in [-0.05, 0) is 24.6 Å². The molecular weight excluding hydrogens is 319 g/mol. The zero-order valence-corrected chi connectivity index (χ0v) is 12.7. The van der Waals surface area contributed by atoms with Crippen molar-refractivity contribution in [3.8, 4) is 0 Å². The maximum Gasteiger partial charge on any atom is 0.319 e. The Labute approximate surface area is 137 Å². The number of hydrogen-bond acceptors (Lipinski definition) is 4. The molecule has 1 aromatic carbocycles. The van der Waals surface area contributed by atoms with Crippen molar-refractivity contribution in [3.05, 3.63) is 30.1 Å². The van der Waals surface area contributed by atoms with Gasteiger partial charge in [0.2, 0.25) is 11.8 Å². The van der Waals surface area contributed by atoms with E-state index in [2.05, 4.69) is 16.0 Å². The fourth-order valence-corrected chi connectivity index (χ4v) is 3.01. The third-order valence-electron chi connectivity index (χ3n) is 4.10. The molecule has 4 amide bonds. The molecule has 0 aliphatic carbocycles. The monoisotopic (exact) mass is 336 g/mol. The molecule has 3 atom stereocenters. The van der Waals surface area contributed by atoms with Crippen LogP contribution in [-0.4, -0.2) is 59.1 Å². The molecule has 0 bridgehead atoms. The lowest BCUT2D eigenvalue weighted by Crippen LogP contribution is -2.62. The second-order valence-electron chi connectivity index (χ2n) is 5.79. The highest BCUT2D eigenvalue weighted by atomic mass is 19.1. The molecule has 0 saturated carbocycles. The first-order valence-corrected chi connectivity index (χ1v) is 7.52. The van der Waals surface area contributed by atoms with E-state index in [0.29, 0.717) is 5.69 Å². The van der Waals surface area contributed by atoms with Crippen LogP contribution in [0.15, 0.2) is 24.3 Å². The molecule has 3 rings (SSSR count). The maximum absolute atomic E-state index is 13.1. The summed E-state index contributed by atoms with van der Waals surface area (Å²) in [6.45, 7) is -0.282. The zero-order valence-electron chi connectivity index (χ0n) is 12.7. The zero-order chi connectivity index (χ0) is 17.3. The van der Waals surface area contributed by atoms with Crippen LogP contribution in [0.25, 0.3) is 0 Å². The predicted molar refractivity (Wildman–Crippen MR) is 81.5 cm³/mol. The number of aliphatic hydroxyl groups excluding tert-OH is 1. The Morgan fingerprint density at radius 1 is 1.42 bits per heavy atom. The van der Waals surface area contributed by atoms with Gasteiger partial charge in [0, 0.05) is 12.2 Å². The molecule has 2 heterocycles. The Morgan fingerprint density at radius 3 is 2.92 bits per heavy atom. The number of benzene rings is 1. The van der Waals surface area contributed by atoms with E-state index in [9.17, 15) is 18.8 Å². The average Bonchev–Trinajstić information content (AvgIpc) is 2.95. The molecule has 2 fully saturated rings. The molecule has 2 saturated heterocycles. The first-order chi connectivity index (χ1) is 11.5. The standard InChI is InChI=1S/C15H17FN4O4/c16-8-2-1-3-9(4-8)17-15(24)18-10-5-12-13(22)19-11(7-21)14(23)20(12)6-10/h1-4,10-12,21H,5-7H2,(H,19,22)(H2,17,18,24)/t10-,11-,12-/m0/s1. The Kier molecular flexibility index (Phi) is 4.34. The molecule has 128 valence electrons. The van der Waals surface area contributed by atoms with Gasteiger partial charge in [-0.25, -0.2) is 9.18 Å². The van der Waals surface area contributed by atoms with Crippen molar-refractivity contribution in [2.45, 2.75) is 24.5 Å². The van der Waals surface area contributed by atoms with Crippen molar-refractivity contribution in [1.82, 2.24) is 15.5 Å². The van der Waals surface area contributed by atoms with E-state index >= 15 is 0 Å². The van der Waals surface area contributed by atoms with E-state index in [1.807, 2.05) is 0 Å². The lowest BCUT2D eigenvalue weighted by atomic mass is 10.1. The van der Waals surface area contributed by atoms with E-state index in [4.69, 9.17) is 5.11 Å². The number of anilines is 1. The molecule has 0 spiro atoms. The number of carbonyl (C=O) groups is 3. The maximum atomic E-state index is 13.1. The highest BCUT2D eigenvalue weighted by Gasteiger charge is 2.46. The van der Waals surface area contributed by atoms with E-state index in [-0.39, 0.29) is 24.8 Å². The number of halogens is 1. The molecule has 2 aliphatic rings. The molecule has 0 radical (unpaired) electrons. The van der Waals surface area contributed by atoms with Crippen molar-refractivity contribution in [2.75, 3.05) is 18.5 Å². The summed E-state index contributed by atoms with van der Waals surface area (Å²) < 4.78 is 13.1. The molecule has 24 heavy (non-hydrogen) atoms. The Balaban J connectivity index is 1.60. The molecule has 0 unspecified atom stereocenters. The van der Waals surface area contributed by atoms with Crippen molar-refractivity contribution in [2.24, 2.45) is 0 Å². The quantitative estimate of drug-likeness (QED) is 0.591. The largest absolute Gasteiger partial charge is 0.394 e. The van der Waals surface area contributed by atoms with E-state index in [1.165, 1.54) is 23.1 Å². The molecular formula is C15H17FN4O4. The lowest BCUT2D eigenvalue weighted by Gasteiger charge is -2.33. The fraction of sp³-hybridized carbons (Fsp3) is 0.400. The highest BCUT2D eigenvalue weighted by molar-refractivity contribution is 5.98. The number of rotatable bonds is 3. The van der Waals surface area contributed by atoms with Gasteiger partial charge in [0.05, 0.1) is 12.6 Å². The first-order valence-electron chi connectivity index (χ1n) is 7.52. The van der Waals surface area contributed by atoms with Crippen LogP contribution < -0.4 is 16.0 Å². The number of hydrogen-bond donors (Lipinski definition) is 4. The number of amides is 4. The summed E-state index contributed by atoms with van der Waals surface area (Å²) in [6, 6.07) is 2.92. The smallest absolute Gasteiger partial charge is 0.319 e. The molecule has 9 heteroatoms. The van der Waals surface area contributed by atoms with Crippen molar-refractivity contribution in [1.29, 1.82) is 0 Å². The lowest BCUT2D eigenvalue weighted by molar-refractivity contribution is -0.148. The molecule has 1 aromatic rings. The van der Waals surface area contributed by atoms with Crippen molar-refractivity contribution in [3.63, 3.8) is 0 Å². The van der Waals surface area contributed by atoms with Crippen LogP contribution in [0.4, 0.5) is 14.9 Å². The van der Waals surface area contributed by atoms with Crippen LogP contribution >= 0.6 is 0 Å². The third-order valence-corrected chi connectivity index (χ3v) is 4.10. The summed E-state index contributed by atoms with van der Waals surface area (Å²) in [5.41, 5.74) is 0.303. The Morgan fingerprint density at radius 2 is 2.21 bits per heavy atom. The van der Waals surface area contributed by atoms with Gasteiger partial charge in [0.25, 0.3) is 0 Å². The average molecular weight is 336 g/mol. The van der Waals surface area contributed by atoms with Crippen molar-refractivity contribution >= 4 is 23.5 Å². The van der Waals surface area contributed by atoms with Gasteiger partial charge in [-0.3, -0.25) is 9.59 Å². The summed E-state index contributed by atoms with van der Waals surface area (Å²) in [6.07, 6.45) is 0.284. The number of nitrogens with zero attached hydrogens (tertiary/aromatic N) is 1. The molecule has 0 aromatic heterocycles. The summed E-state index contributed by atoms with van der Waals surface area (Å²) in [5, 5.41) is 16.7. The van der Waals surface area contributed by atoms with Gasteiger partial charge in [0.1, 0.15) is 17.9 Å². The SMILES string of the molecule is O=C(Nc1cccc(F)c1)N[C@H]1C[C@H]2C(=O)N[C@@H](CO)C(=O)N2C1. The number of aliphatic hydroxyl groups is 1. The van der Waals surface area contributed by atoms with Crippen LogP contribution in [0.1, 0.15) is 6.42 Å². The van der Waals surface area contributed by atoms with Crippen LogP contribution in [0.2, 0.25) is 0 Å². The second kappa shape index (κ2) is 6.44. The minimum absolute atomic E-state index is 0.185. The number of carbonyl (C=O) groups excluding carboxylic acids is 3. The summed E-state index contributed by atoms with van der Waals surface area (Å²) in [7, 11) is 0. The van der Waals surface area contributed by atoms with Crippen LogP contribution in [0.5, 0.6) is 0 Å². The van der Waals surface area contributed by atoms with Gasteiger partial charge in [0.15, 0.2) is 0 Å². The summed E-state index contributed by atoms with van der Waals surface area (Å²) in [5.74, 6) is -1.18. The van der Waals surface area contributed by atoms with Gasteiger partial charge in [-0.1, -0.05) is 6.07 Å². The molecule has 8 nitrogen and oxygen atoms in total. The number of piperazine rings is 1. The number of fused-ring (bicyclic) bond motifs is 1. The summed E-state index contributed by atoms with van der Waals surface area (Å²) in [4.78, 5) is 37.4. The normalized spacial score (nSPS) is 25.9. The minimum atomic E-state index is -0.936. The van der Waals surface area contributed by atoms with Crippen molar-refractivity contribution < 1.29 is 23.9 Å². The molecule has 2 aliphatic heterocycles. The van der Waals surface area contributed by atoms with Gasteiger partial charge < -0.3 is 26.0 Å². The highest BCUT2D eigenvalue weighted by Crippen LogP contribution is 2.22. The fourth-order valence-electron chi connectivity index (χ4n) is 3.01. The predicted octanol–water partition coefficient (Wildman–Crippen LogP) is -0.593. The minimum Gasteiger partial charge on any atom is -0.394 e. The number of nitrogens with one attached hydrogen (secondary N) is 3. The van der Waals surface area contributed by atoms with Crippen LogP contribution in [0.3, 0.4) is 0 Å². The van der Waals surface area contributed by atoms with Crippen LogP contribution in [0, 0.1) is 5.82 Å². The molecule has 4 N–H and O–H groups in total.